The predicted octanol–water partition coefficient (Wildman–Crippen LogP) is 2.24. The summed E-state index contributed by atoms with van der Waals surface area (Å²) in [6.45, 7) is 1.73. The van der Waals surface area contributed by atoms with Gasteiger partial charge >= 0.3 is 0 Å². The number of nitrogens with one attached hydrogen (secondary N) is 1. The first-order valence-electron chi connectivity index (χ1n) is 8.70. The summed E-state index contributed by atoms with van der Waals surface area (Å²) in [6, 6.07) is 10.3. The number of amides is 1. The highest BCUT2D eigenvalue weighted by Gasteiger charge is 2.30. The fourth-order valence-corrected chi connectivity index (χ4v) is 3.71. The van der Waals surface area contributed by atoms with Gasteiger partial charge in [0.05, 0.1) is 7.11 Å². The van der Waals surface area contributed by atoms with E-state index < -0.39 is 0 Å². The van der Waals surface area contributed by atoms with Crippen LogP contribution in [0.3, 0.4) is 0 Å². The monoisotopic (exact) mass is 342 g/mol. The fraction of sp³-hybridized carbons (Fsp3) is 0.474. The van der Waals surface area contributed by atoms with Gasteiger partial charge in [-0.05, 0) is 56.1 Å². The molecule has 1 aliphatic heterocycles. The molecule has 1 aromatic carbocycles. The minimum Gasteiger partial charge on any atom is -0.497 e. The van der Waals surface area contributed by atoms with Crippen LogP contribution in [0.25, 0.3) is 0 Å². The van der Waals surface area contributed by atoms with Crippen molar-refractivity contribution >= 4 is 5.91 Å². The maximum absolute atomic E-state index is 12.4. The third kappa shape index (κ3) is 3.85. The first-order chi connectivity index (χ1) is 12.1. The number of methoxy groups -OCH3 is 1. The van der Waals surface area contributed by atoms with Gasteiger partial charge in [-0.3, -0.25) is 14.4 Å². The predicted molar refractivity (Wildman–Crippen MR) is 96.6 cm³/mol. The first-order valence-corrected chi connectivity index (χ1v) is 8.70. The highest BCUT2D eigenvalue weighted by Crippen LogP contribution is 2.35. The number of benzene rings is 1. The number of hydrogen-bond acceptors (Lipinski definition) is 4. The second-order valence-electron chi connectivity index (χ2n) is 6.65. The molecule has 0 unspecified atom stereocenters. The molecule has 2 heterocycles. The van der Waals surface area contributed by atoms with Crippen LogP contribution < -0.4 is 10.1 Å². The number of carbonyl (C=O) groups is 1. The van der Waals surface area contributed by atoms with Crippen LogP contribution in [0, 0.1) is 5.92 Å². The summed E-state index contributed by atoms with van der Waals surface area (Å²) in [5.41, 5.74) is 1.85. The number of hydrogen-bond donors (Lipinski definition) is 1. The Hall–Kier alpha value is -2.34. The fourth-order valence-electron chi connectivity index (χ4n) is 3.71. The summed E-state index contributed by atoms with van der Waals surface area (Å²) < 4.78 is 6.86. The van der Waals surface area contributed by atoms with Crippen LogP contribution in [0.5, 0.6) is 5.75 Å². The Morgan fingerprint density at radius 3 is 2.68 bits per heavy atom. The van der Waals surface area contributed by atoms with E-state index in [0.29, 0.717) is 24.2 Å². The molecule has 3 rings (SSSR count). The van der Waals surface area contributed by atoms with Crippen molar-refractivity contribution in [1.82, 2.24) is 20.0 Å². The van der Waals surface area contributed by atoms with Crippen molar-refractivity contribution in [1.29, 1.82) is 0 Å². The molecule has 134 valence electrons. The van der Waals surface area contributed by atoms with E-state index >= 15 is 0 Å². The Bertz CT molecular complexity index is 710. The Balaban J connectivity index is 1.71. The average Bonchev–Trinajstić information content (AvgIpc) is 3.06. The van der Waals surface area contributed by atoms with Crippen molar-refractivity contribution in [2.24, 2.45) is 13.0 Å². The standard InChI is InChI=1S/C19H26N4O2/c1-22-12-4-5-15(13-20-19(24)17-10-11-21-23(17)2)18(22)14-6-8-16(25-3)9-7-14/h6-11,15,18H,4-5,12-13H2,1-3H3,(H,20,24)/t15-,18+/m0/s1. The van der Waals surface area contributed by atoms with Crippen molar-refractivity contribution < 1.29 is 9.53 Å². The van der Waals surface area contributed by atoms with Crippen molar-refractivity contribution in [3.8, 4) is 5.75 Å². The summed E-state index contributed by atoms with van der Waals surface area (Å²) in [5, 5.41) is 7.15. The Morgan fingerprint density at radius 2 is 2.04 bits per heavy atom. The average molecular weight is 342 g/mol. The number of aryl methyl sites for hydroxylation is 1. The molecule has 1 saturated heterocycles. The van der Waals surface area contributed by atoms with E-state index in [9.17, 15) is 4.79 Å². The molecule has 2 aromatic rings. The number of nitrogens with zero attached hydrogens (tertiary/aromatic N) is 3. The molecule has 1 aliphatic rings. The molecular weight excluding hydrogens is 316 g/mol. The summed E-state index contributed by atoms with van der Waals surface area (Å²) in [7, 11) is 5.62. The topological polar surface area (TPSA) is 59.4 Å². The van der Waals surface area contributed by atoms with E-state index in [2.05, 4.69) is 34.5 Å². The molecule has 2 atom stereocenters. The van der Waals surface area contributed by atoms with Crippen LogP contribution in [-0.4, -0.2) is 47.8 Å². The number of aromatic nitrogens is 2. The number of piperidine rings is 1. The van der Waals surface area contributed by atoms with Gasteiger partial charge in [0.15, 0.2) is 0 Å². The first kappa shape index (κ1) is 17.5. The maximum atomic E-state index is 12.4. The molecule has 0 aliphatic carbocycles. The number of ether oxygens (including phenoxy) is 1. The third-order valence-electron chi connectivity index (χ3n) is 5.04. The second-order valence-corrected chi connectivity index (χ2v) is 6.65. The zero-order valence-electron chi connectivity index (χ0n) is 15.1. The van der Waals surface area contributed by atoms with Crippen LogP contribution in [0.1, 0.15) is 34.9 Å². The molecule has 1 amide bonds. The lowest BCUT2D eigenvalue weighted by Crippen LogP contribution is -2.42. The lowest BCUT2D eigenvalue weighted by molar-refractivity contribution is 0.0883. The van der Waals surface area contributed by atoms with E-state index in [1.54, 1.807) is 31.1 Å². The molecule has 0 bridgehead atoms. The van der Waals surface area contributed by atoms with Crippen LogP contribution in [-0.2, 0) is 7.05 Å². The minimum atomic E-state index is -0.0679. The largest absolute Gasteiger partial charge is 0.497 e. The highest BCUT2D eigenvalue weighted by atomic mass is 16.5. The van der Waals surface area contributed by atoms with E-state index in [1.807, 2.05) is 12.1 Å². The molecule has 25 heavy (non-hydrogen) atoms. The Kier molecular flexibility index (Phi) is 5.38. The Labute approximate surface area is 148 Å². The molecule has 0 saturated carbocycles. The third-order valence-corrected chi connectivity index (χ3v) is 5.04. The van der Waals surface area contributed by atoms with E-state index in [-0.39, 0.29) is 5.91 Å². The van der Waals surface area contributed by atoms with Gasteiger partial charge in [-0.15, -0.1) is 0 Å². The van der Waals surface area contributed by atoms with Gasteiger partial charge in [-0.2, -0.15) is 5.10 Å². The SMILES string of the molecule is COc1ccc([C@@H]2[C@H](CNC(=O)c3ccnn3C)CCCN2C)cc1. The number of carbonyl (C=O) groups excluding carboxylic acids is 1. The maximum Gasteiger partial charge on any atom is 0.269 e. The molecule has 6 heteroatoms. The Morgan fingerprint density at radius 1 is 1.28 bits per heavy atom. The van der Waals surface area contributed by atoms with Gasteiger partial charge in [0.1, 0.15) is 11.4 Å². The summed E-state index contributed by atoms with van der Waals surface area (Å²) in [4.78, 5) is 14.8. The quantitative estimate of drug-likeness (QED) is 0.905. The zero-order valence-corrected chi connectivity index (χ0v) is 15.1. The molecule has 0 radical (unpaired) electrons. The van der Waals surface area contributed by atoms with E-state index in [0.717, 1.165) is 25.1 Å². The highest BCUT2D eigenvalue weighted by molar-refractivity contribution is 5.92. The van der Waals surface area contributed by atoms with Crippen LogP contribution in [0.2, 0.25) is 0 Å². The number of likely N-dealkylation sites (tertiary alicyclic amines) is 1. The normalized spacial score (nSPS) is 21.1. The summed E-state index contributed by atoms with van der Waals surface area (Å²) in [5.74, 6) is 1.18. The van der Waals surface area contributed by atoms with Gasteiger partial charge in [-0.1, -0.05) is 12.1 Å². The van der Waals surface area contributed by atoms with Crippen molar-refractivity contribution in [3.05, 3.63) is 47.8 Å². The van der Waals surface area contributed by atoms with Crippen LogP contribution >= 0.6 is 0 Å². The van der Waals surface area contributed by atoms with Gasteiger partial charge < -0.3 is 10.1 Å². The van der Waals surface area contributed by atoms with Crippen molar-refractivity contribution in [2.45, 2.75) is 18.9 Å². The molecule has 1 N–H and O–H groups in total. The summed E-state index contributed by atoms with van der Waals surface area (Å²) in [6.07, 6.45) is 3.89. The smallest absolute Gasteiger partial charge is 0.269 e. The van der Waals surface area contributed by atoms with E-state index in [1.165, 1.54) is 5.56 Å². The lowest BCUT2D eigenvalue weighted by Gasteiger charge is -2.39. The molecule has 6 nitrogen and oxygen atoms in total. The molecular formula is C19H26N4O2. The number of rotatable bonds is 5. The molecule has 1 fully saturated rings. The molecule has 0 spiro atoms. The minimum absolute atomic E-state index is 0.0679. The molecule has 1 aromatic heterocycles. The zero-order chi connectivity index (χ0) is 17.8. The van der Waals surface area contributed by atoms with Crippen molar-refractivity contribution in [3.63, 3.8) is 0 Å². The van der Waals surface area contributed by atoms with Gasteiger partial charge in [-0.25, -0.2) is 0 Å². The van der Waals surface area contributed by atoms with Crippen molar-refractivity contribution in [2.75, 3.05) is 27.2 Å². The van der Waals surface area contributed by atoms with Gasteiger partial charge in [0.2, 0.25) is 0 Å². The van der Waals surface area contributed by atoms with Gasteiger partial charge in [0.25, 0.3) is 5.91 Å². The van der Waals surface area contributed by atoms with Gasteiger partial charge in [0, 0.05) is 25.8 Å². The summed E-state index contributed by atoms with van der Waals surface area (Å²) >= 11 is 0. The van der Waals surface area contributed by atoms with E-state index in [4.69, 9.17) is 4.74 Å². The second kappa shape index (κ2) is 7.70. The van der Waals surface area contributed by atoms with Crippen LogP contribution in [0.4, 0.5) is 0 Å². The van der Waals surface area contributed by atoms with Crippen LogP contribution in [0.15, 0.2) is 36.5 Å². The lowest BCUT2D eigenvalue weighted by atomic mass is 9.85.